The summed E-state index contributed by atoms with van der Waals surface area (Å²) in [5.74, 6) is -0.320. The summed E-state index contributed by atoms with van der Waals surface area (Å²) in [5.41, 5.74) is 7.60. The Hall–Kier alpha value is -1.35. The molecule has 0 saturated heterocycles. The number of carbonyl (C=O) groups is 1. The van der Waals surface area contributed by atoms with E-state index >= 15 is 0 Å². The first-order valence-electron chi connectivity index (χ1n) is 5.48. The molecule has 0 atom stereocenters. The van der Waals surface area contributed by atoms with Crippen LogP contribution in [0.2, 0.25) is 0 Å². The van der Waals surface area contributed by atoms with E-state index in [2.05, 4.69) is 50.4 Å². The molecule has 1 amide bonds. The number of carbonyl (C=O) groups excluding carboxylic acids is 1. The Morgan fingerprint density at radius 2 is 1.88 bits per heavy atom. The van der Waals surface area contributed by atoms with Crippen molar-refractivity contribution < 1.29 is 4.79 Å². The number of rotatable bonds is 5. The van der Waals surface area contributed by atoms with Crippen molar-refractivity contribution >= 4 is 5.91 Å². The molecule has 0 saturated carbocycles. The maximum absolute atomic E-state index is 10.6. The fraction of sp³-hybridized carbons (Fsp3) is 0.462. The molecule has 3 N–H and O–H groups in total. The molecule has 3 nitrogen and oxygen atoms in total. The first-order valence-corrected chi connectivity index (χ1v) is 5.48. The topological polar surface area (TPSA) is 55.1 Å². The second kappa shape index (κ2) is 5.12. The summed E-state index contributed by atoms with van der Waals surface area (Å²) in [7, 11) is 0. The van der Waals surface area contributed by atoms with Crippen LogP contribution in [0.25, 0.3) is 0 Å². The molecule has 0 fully saturated rings. The number of nitrogens with two attached hydrogens (primary N) is 1. The monoisotopic (exact) mass is 220 g/mol. The van der Waals surface area contributed by atoms with Gasteiger partial charge in [-0.1, -0.05) is 43.7 Å². The molecule has 88 valence electrons. The standard InChI is InChI=1S/C13H20N2O/c1-10-4-6-11(7-5-10)13(2,3)9-15-8-12(14)16/h4-7,15H,8-9H2,1-3H3,(H2,14,16). The third-order valence-electron chi connectivity index (χ3n) is 2.70. The van der Waals surface area contributed by atoms with Gasteiger partial charge in [0.05, 0.1) is 6.54 Å². The molecule has 0 aliphatic rings. The van der Waals surface area contributed by atoms with E-state index in [9.17, 15) is 4.79 Å². The second-order valence-electron chi connectivity index (χ2n) is 4.82. The van der Waals surface area contributed by atoms with E-state index in [0.29, 0.717) is 0 Å². The Labute approximate surface area is 97.0 Å². The quantitative estimate of drug-likeness (QED) is 0.787. The van der Waals surface area contributed by atoms with Gasteiger partial charge in [0.2, 0.25) is 5.91 Å². The smallest absolute Gasteiger partial charge is 0.231 e. The first kappa shape index (κ1) is 12.7. The zero-order valence-corrected chi connectivity index (χ0v) is 10.2. The molecular formula is C13H20N2O. The van der Waals surface area contributed by atoms with Gasteiger partial charge in [0.25, 0.3) is 0 Å². The van der Waals surface area contributed by atoms with E-state index in [1.807, 2.05) is 0 Å². The Kier molecular flexibility index (Phi) is 4.07. The molecule has 1 aromatic carbocycles. The zero-order valence-electron chi connectivity index (χ0n) is 10.2. The van der Waals surface area contributed by atoms with Crippen LogP contribution < -0.4 is 11.1 Å². The van der Waals surface area contributed by atoms with Crippen molar-refractivity contribution in [1.82, 2.24) is 5.32 Å². The van der Waals surface area contributed by atoms with Crippen LogP contribution in [0, 0.1) is 6.92 Å². The van der Waals surface area contributed by atoms with Gasteiger partial charge in [0.1, 0.15) is 0 Å². The van der Waals surface area contributed by atoms with Gasteiger partial charge in [-0.25, -0.2) is 0 Å². The van der Waals surface area contributed by atoms with E-state index in [1.165, 1.54) is 11.1 Å². The van der Waals surface area contributed by atoms with Gasteiger partial charge in [0, 0.05) is 12.0 Å². The van der Waals surface area contributed by atoms with Crippen LogP contribution in [0.5, 0.6) is 0 Å². The van der Waals surface area contributed by atoms with Crippen molar-refractivity contribution in [2.24, 2.45) is 5.73 Å². The molecule has 0 radical (unpaired) electrons. The Morgan fingerprint density at radius 3 is 2.38 bits per heavy atom. The van der Waals surface area contributed by atoms with E-state index in [4.69, 9.17) is 5.73 Å². The van der Waals surface area contributed by atoms with Crippen molar-refractivity contribution in [3.8, 4) is 0 Å². The first-order chi connectivity index (χ1) is 7.42. The van der Waals surface area contributed by atoms with Crippen LogP contribution in [-0.2, 0) is 10.2 Å². The fourth-order valence-electron chi connectivity index (χ4n) is 1.61. The number of benzene rings is 1. The summed E-state index contributed by atoms with van der Waals surface area (Å²) in [5, 5.41) is 3.06. The summed E-state index contributed by atoms with van der Waals surface area (Å²) in [6.07, 6.45) is 0. The van der Waals surface area contributed by atoms with Crippen LogP contribution in [0.3, 0.4) is 0 Å². The van der Waals surface area contributed by atoms with Crippen LogP contribution in [0.1, 0.15) is 25.0 Å². The number of amides is 1. The summed E-state index contributed by atoms with van der Waals surface area (Å²) < 4.78 is 0. The average molecular weight is 220 g/mol. The zero-order chi connectivity index (χ0) is 12.2. The van der Waals surface area contributed by atoms with Crippen molar-refractivity contribution in [3.05, 3.63) is 35.4 Å². The minimum absolute atomic E-state index is 0.00313. The molecule has 0 aliphatic heterocycles. The molecule has 0 unspecified atom stereocenters. The highest BCUT2D eigenvalue weighted by Crippen LogP contribution is 2.22. The maximum atomic E-state index is 10.6. The lowest BCUT2D eigenvalue weighted by atomic mass is 9.84. The molecule has 0 aliphatic carbocycles. The van der Waals surface area contributed by atoms with Gasteiger partial charge < -0.3 is 11.1 Å². The van der Waals surface area contributed by atoms with E-state index in [-0.39, 0.29) is 17.9 Å². The minimum Gasteiger partial charge on any atom is -0.369 e. The van der Waals surface area contributed by atoms with E-state index in [0.717, 1.165) is 6.54 Å². The predicted octanol–water partition coefficient (Wildman–Crippen LogP) is 1.35. The van der Waals surface area contributed by atoms with E-state index in [1.54, 1.807) is 0 Å². The molecule has 0 aromatic heterocycles. The number of aryl methyl sites for hydroxylation is 1. The highest BCUT2D eigenvalue weighted by molar-refractivity contribution is 5.75. The molecule has 1 rings (SSSR count). The van der Waals surface area contributed by atoms with Crippen LogP contribution in [0.15, 0.2) is 24.3 Å². The van der Waals surface area contributed by atoms with Crippen molar-refractivity contribution in [2.75, 3.05) is 13.1 Å². The van der Waals surface area contributed by atoms with E-state index < -0.39 is 0 Å². The van der Waals surface area contributed by atoms with Crippen LogP contribution in [-0.4, -0.2) is 19.0 Å². The molecule has 0 heterocycles. The van der Waals surface area contributed by atoms with Crippen molar-refractivity contribution in [3.63, 3.8) is 0 Å². The van der Waals surface area contributed by atoms with Crippen LogP contribution in [0.4, 0.5) is 0 Å². The van der Waals surface area contributed by atoms with Gasteiger partial charge in [-0.05, 0) is 12.5 Å². The van der Waals surface area contributed by atoms with Crippen molar-refractivity contribution in [2.45, 2.75) is 26.2 Å². The largest absolute Gasteiger partial charge is 0.369 e. The molecule has 0 bridgehead atoms. The SMILES string of the molecule is Cc1ccc(C(C)(C)CNCC(N)=O)cc1. The average Bonchev–Trinajstić information content (AvgIpc) is 2.17. The van der Waals surface area contributed by atoms with Gasteiger partial charge >= 0.3 is 0 Å². The normalized spacial score (nSPS) is 11.4. The van der Waals surface area contributed by atoms with Gasteiger partial charge in [-0.3, -0.25) is 4.79 Å². The third-order valence-corrected chi connectivity index (χ3v) is 2.70. The molecule has 0 spiro atoms. The highest BCUT2D eigenvalue weighted by atomic mass is 16.1. The Bertz CT molecular complexity index is 355. The Morgan fingerprint density at radius 1 is 1.31 bits per heavy atom. The summed E-state index contributed by atoms with van der Waals surface area (Å²) >= 11 is 0. The summed E-state index contributed by atoms with van der Waals surface area (Å²) in [6, 6.07) is 8.46. The van der Waals surface area contributed by atoms with Crippen LogP contribution >= 0.6 is 0 Å². The Balaban J connectivity index is 2.62. The van der Waals surface area contributed by atoms with Gasteiger partial charge in [0.15, 0.2) is 0 Å². The maximum Gasteiger partial charge on any atom is 0.231 e. The molecule has 16 heavy (non-hydrogen) atoms. The molecule has 1 aromatic rings. The lowest BCUT2D eigenvalue weighted by Crippen LogP contribution is -2.37. The second-order valence-corrected chi connectivity index (χ2v) is 4.82. The number of hydrogen-bond donors (Lipinski definition) is 2. The minimum atomic E-state index is -0.320. The highest BCUT2D eigenvalue weighted by Gasteiger charge is 2.19. The van der Waals surface area contributed by atoms with Gasteiger partial charge in [-0.15, -0.1) is 0 Å². The molecule has 3 heteroatoms. The summed E-state index contributed by atoms with van der Waals surface area (Å²) in [6.45, 7) is 7.33. The van der Waals surface area contributed by atoms with Gasteiger partial charge in [-0.2, -0.15) is 0 Å². The molecular weight excluding hydrogens is 200 g/mol. The number of nitrogens with one attached hydrogen (secondary N) is 1. The predicted molar refractivity (Wildman–Crippen MR) is 66.3 cm³/mol. The fourth-order valence-corrected chi connectivity index (χ4v) is 1.61. The third kappa shape index (κ3) is 3.66. The lowest BCUT2D eigenvalue weighted by Gasteiger charge is -2.25. The number of hydrogen-bond acceptors (Lipinski definition) is 2. The number of primary amides is 1. The summed E-state index contributed by atoms with van der Waals surface area (Å²) in [4.78, 5) is 10.6. The lowest BCUT2D eigenvalue weighted by molar-refractivity contribution is -0.117. The van der Waals surface area contributed by atoms with Crippen molar-refractivity contribution in [1.29, 1.82) is 0 Å².